The maximum Gasteiger partial charge on any atom is 0.191 e. The smallest absolute Gasteiger partial charge is 0.191 e. The molecular formula is C19H25IN4O2. The van der Waals surface area contributed by atoms with Crippen LogP contribution >= 0.6 is 24.0 Å². The van der Waals surface area contributed by atoms with E-state index in [0.29, 0.717) is 30.4 Å². The van der Waals surface area contributed by atoms with E-state index >= 15 is 0 Å². The first-order valence-electron chi connectivity index (χ1n) is 8.25. The minimum absolute atomic E-state index is 0. The van der Waals surface area contributed by atoms with Gasteiger partial charge in [-0.1, -0.05) is 12.1 Å². The van der Waals surface area contributed by atoms with E-state index < -0.39 is 5.60 Å². The number of furan rings is 1. The molecule has 1 aromatic carbocycles. The Labute approximate surface area is 171 Å². The molecule has 1 aromatic heterocycles. The van der Waals surface area contributed by atoms with Crippen LogP contribution in [-0.2, 0) is 12.1 Å². The molecule has 1 atom stereocenters. The fourth-order valence-electron chi connectivity index (χ4n) is 2.26. The summed E-state index contributed by atoms with van der Waals surface area (Å²) in [5, 5.41) is 25.7. The number of rotatable bonds is 6. The molecule has 0 spiro atoms. The fourth-order valence-corrected chi connectivity index (χ4v) is 2.26. The zero-order valence-corrected chi connectivity index (χ0v) is 17.6. The maximum atomic E-state index is 10.6. The average molecular weight is 468 g/mol. The Hall–Kier alpha value is -2.05. The van der Waals surface area contributed by atoms with Crippen molar-refractivity contribution in [2.75, 3.05) is 13.1 Å². The van der Waals surface area contributed by atoms with E-state index in [1.807, 2.05) is 32.0 Å². The van der Waals surface area contributed by atoms with Gasteiger partial charge >= 0.3 is 0 Å². The van der Waals surface area contributed by atoms with Crippen molar-refractivity contribution < 1.29 is 9.52 Å². The molecule has 140 valence electrons. The molecule has 1 heterocycles. The maximum absolute atomic E-state index is 10.6. The Morgan fingerprint density at radius 1 is 1.23 bits per heavy atom. The van der Waals surface area contributed by atoms with Gasteiger partial charge in [-0.25, -0.2) is 4.99 Å². The third-order valence-electron chi connectivity index (χ3n) is 3.72. The van der Waals surface area contributed by atoms with Crippen LogP contribution in [0, 0.1) is 18.3 Å². The second-order valence-corrected chi connectivity index (χ2v) is 6.04. The van der Waals surface area contributed by atoms with Crippen LogP contribution in [0.2, 0.25) is 0 Å². The Morgan fingerprint density at radius 2 is 1.92 bits per heavy atom. The molecular weight excluding hydrogens is 443 g/mol. The number of aliphatic hydroxyl groups is 1. The lowest BCUT2D eigenvalue weighted by atomic mass is 10.0. The summed E-state index contributed by atoms with van der Waals surface area (Å²) in [6, 6.07) is 13.0. The highest BCUT2D eigenvalue weighted by Gasteiger charge is 2.27. The molecule has 0 aliphatic rings. The molecule has 7 heteroatoms. The lowest BCUT2D eigenvalue weighted by molar-refractivity contribution is 0.0378. The van der Waals surface area contributed by atoms with Gasteiger partial charge in [0.15, 0.2) is 5.96 Å². The molecule has 26 heavy (non-hydrogen) atoms. The minimum Gasteiger partial charge on any atom is -0.463 e. The SMILES string of the molecule is CCNC(=NCc1ccc(C#N)cc1)NCC(C)(O)c1ccc(C)o1.I. The highest BCUT2D eigenvalue weighted by molar-refractivity contribution is 14.0. The van der Waals surface area contributed by atoms with Gasteiger partial charge in [-0.15, -0.1) is 24.0 Å². The van der Waals surface area contributed by atoms with Crippen molar-refractivity contribution in [1.82, 2.24) is 10.6 Å². The zero-order valence-electron chi connectivity index (χ0n) is 15.2. The number of nitrogens with zero attached hydrogens (tertiary/aromatic N) is 2. The summed E-state index contributed by atoms with van der Waals surface area (Å²) in [5.41, 5.74) is 0.492. The van der Waals surface area contributed by atoms with Crippen molar-refractivity contribution in [3.8, 4) is 6.07 Å². The van der Waals surface area contributed by atoms with Gasteiger partial charge in [0.05, 0.1) is 24.7 Å². The first-order chi connectivity index (χ1) is 11.9. The van der Waals surface area contributed by atoms with Gasteiger partial charge in [-0.05, 0) is 50.6 Å². The topological polar surface area (TPSA) is 93.6 Å². The molecule has 0 fully saturated rings. The highest BCUT2D eigenvalue weighted by Crippen LogP contribution is 2.21. The lowest BCUT2D eigenvalue weighted by Crippen LogP contribution is -2.44. The molecule has 0 radical (unpaired) electrons. The van der Waals surface area contributed by atoms with Crippen molar-refractivity contribution in [1.29, 1.82) is 5.26 Å². The molecule has 0 saturated heterocycles. The van der Waals surface area contributed by atoms with Gasteiger partial charge in [0.1, 0.15) is 17.1 Å². The van der Waals surface area contributed by atoms with Crippen molar-refractivity contribution in [2.45, 2.75) is 32.9 Å². The third kappa shape index (κ3) is 6.35. The Bertz CT molecular complexity index is 761. The zero-order chi connectivity index (χ0) is 18.3. The quantitative estimate of drug-likeness (QED) is 0.344. The number of benzene rings is 1. The van der Waals surface area contributed by atoms with E-state index in [1.54, 1.807) is 25.1 Å². The van der Waals surface area contributed by atoms with Gasteiger partial charge < -0.3 is 20.2 Å². The van der Waals surface area contributed by atoms with Crippen LogP contribution < -0.4 is 10.6 Å². The average Bonchev–Trinajstić information content (AvgIpc) is 3.05. The summed E-state index contributed by atoms with van der Waals surface area (Å²) in [4.78, 5) is 4.51. The molecule has 1 unspecified atom stereocenters. The summed E-state index contributed by atoms with van der Waals surface area (Å²) in [6.45, 7) is 6.97. The van der Waals surface area contributed by atoms with Crippen LogP contribution in [0.5, 0.6) is 0 Å². The van der Waals surface area contributed by atoms with E-state index in [0.717, 1.165) is 11.3 Å². The van der Waals surface area contributed by atoms with E-state index in [1.165, 1.54) is 0 Å². The number of aryl methyl sites for hydroxylation is 1. The van der Waals surface area contributed by atoms with E-state index in [9.17, 15) is 5.11 Å². The van der Waals surface area contributed by atoms with Crippen LogP contribution in [-0.4, -0.2) is 24.2 Å². The minimum atomic E-state index is -1.14. The molecule has 3 N–H and O–H groups in total. The number of nitriles is 1. The van der Waals surface area contributed by atoms with Gasteiger partial charge in [0.25, 0.3) is 0 Å². The Morgan fingerprint density at radius 3 is 2.46 bits per heavy atom. The Kier molecular flexibility index (Phi) is 8.61. The number of nitrogens with one attached hydrogen (secondary N) is 2. The van der Waals surface area contributed by atoms with Gasteiger partial charge in [0.2, 0.25) is 0 Å². The fraction of sp³-hybridized carbons (Fsp3) is 0.368. The third-order valence-corrected chi connectivity index (χ3v) is 3.72. The normalized spacial score (nSPS) is 13.3. The first kappa shape index (κ1) is 22.0. The molecule has 2 aromatic rings. The van der Waals surface area contributed by atoms with Crippen molar-refractivity contribution >= 4 is 29.9 Å². The number of halogens is 1. The number of aliphatic imine (C=N–C) groups is 1. The number of hydrogen-bond acceptors (Lipinski definition) is 4. The molecule has 0 amide bonds. The molecule has 0 saturated carbocycles. The Balaban J connectivity index is 0.00000338. The molecule has 0 aliphatic heterocycles. The number of guanidine groups is 1. The van der Waals surface area contributed by atoms with Crippen LogP contribution in [0.1, 0.15) is 36.5 Å². The van der Waals surface area contributed by atoms with Crippen molar-refractivity contribution in [3.05, 3.63) is 59.0 Å². The largest absolute Gasteiger partial charge is 0.463 e. The van der Waals surface area contributed by atoms with Gasteiger partial charge in [0, 0.05) is 6.54 Å². The van der Waals surface area contributed by atoms with Crippen molar-refractivity contribution in [3.63, 3.8) is 0 Å². The highest BCUT2D eigenvalue weighted by atomic mass is 127. The number of hydrogen-bond donors (Lipinski definition) is 3. The van der Waals surface area contributed by atoms with Crippen LogP contribution in [0.15, 0.2) is 45.8 Å². The molecule has 0 bridgehead atoms. The summed E-state index contributed by atoms with van der Waals surface area (Å²) in [6.07, 6.45) is 0. The molecule has 2 rings (SSSR count). The summed E-state index contributed by atoms with van der Waals surface area (Å²) >= 11 is 0. The van der Waals surface area contributed by atoms with Crippen LogP contribution in [0.4, 0.5) is 0 Å². The summed E-state index contributed by atoms with van der Waals surface area (Å²) < 4.78 is 5.52. The second-order valence-electron chi connectivity index (χ2n) is 6.04. The van der Waals surface area contributed by atoms with E-state index in [2.05, 4.69) is 21.7 Å². The lowest BCUT2D eigenvalue weighted by Gasteiger charge is -2.22. The molecule has 6 nitrogen and oxygen atoms in total. The second kappa shape index (κ2) is 10.2. The van der Waals surface area contributed by atoms with Crippen LogP contribution in [0.3, 0.4) is 0 Å². The standard InChI is InChI=1S/C19H24N4O2.HI/c1-4-21-18(22-12-16-8-6-15(11-20)7-9-16)23-13-19(3,24)17-10-5-14(2)25-17;/h5-10,24H,4,12-13H2,1-3H3,(H2,21,22,23);1H. The summed E-state index contributed by atoms with van der Waals surface area (Å²) in [7, 11) is 0. The summed E-state index contributed by atoms with van der Waals surface area (Å²) in [5.74, 6) is 1.88. The van der Waals surface area contributed by atoms with Gasteiger partial charge in [-0.2, -0.15) is 5.26 Å². The monoisotopic (exact) mass is 468 g/mol. The van der Waals surface area contributed by atoms with E-state index in [-0.39, 0.29) is 30.5 Å². The molecule has 0 aliphatic carbocycles. The predicted octanol–water partition coefficient (Wildman–Crippen LogP) is 3.04. The predicted molar refractivity (Wildman–Crippen MR) is 112 cm³/mol. The van der Waals surface area contributed by atoms with Gasteiger partial charge in [-0.3, -0.25) is 0 Å². The van der Waals surface area contributed by atoms with Crippen molar-refractivity contribution in [2.24, 2.45) is 4.99 Å². The van der Waals surface area contributed by atoms with Crippen LogP contribution in [0.25, 0.3) is 0 Å². The van der Waals surface area contributed by atoms with E-state index in [4.69, 9.17) is 9.68 Å². The first-order valence-corrected chi connectivity index (χ1v) is 8.25.